The first-order chi connectivity index (χ1) is 40.5. The SMILES string of the molecule is CC/C=C\C/C=C\C/C=C\C/C=C\CCCCCCCCCCCCCCC(=O)OCC(COC(=O)CCCCCCCCC/C=C\C/C=C\CCCCCC)OC(=O)CCCCCCCCCCCCCCCCCCCCCCC. The molecule has 0 heterocycles. The zero-order valence-electron chi connectivity index (χ0n) is 54.8. The van der Waals surface area contributed by atoms with Crippen LogP contribution in [0.25, 0.3) is 0 Å². The maximum atomic E-state index is 13.0. The first-order valence-corrected chi connectivity index (χ1v) is 35.9. The van der Waals surface area contributed by atoms with Gasteiger partial charge in [-0.3, -0.25) is 14.4 Å². The Morgan fingerprint density at radius 3 is 0.756 bits per heavy atom. The normalized spacial score (nSPS) is 12.5. The molecule has 0 saturated carbocycles. The number of hydrogen-bond donors (Lipinski definition) is 0. The highest BCUT2D eigenvalue weighted by Crippen LogP contribution is 2.18. The van der Waals surface area contributed by atoms with E-state index in [1.54, 1.807) is 0 Å². The van der Waals surface area contributed by atoms with Gasteiger partial charge in [-0.15, -0.1) is 0 Å². The minimum Gasteiger partial charge on any atom is -0.462 e. The molecular weight excluding hydrogens is 1010 g/mol. The summed E-state index contributed by atoms with van der Waals surface area (Å²) in [4.78, 5) is 38.5. The number of rotatable bonds is 66. The first kappa shape index (κ1) is 78.8. The van der Waals surface area contributed by atoms with Crippen molar-refractivity contribution in [1.82, 2.24) is 0 Å². The molecule has 0 fully saturated rings. The molecule has 476 valence electrons. The van der Waals surface area contributed by atoms with Crippen molar-refractivity contribution in [1.29, 1.82) is 0 Å². The van der Waals surface area contributed by atoms with E-state index >= 15 is 0 Å². The monoisotopic (exact) mass is 1150 g/mol. The molecule has 0 radical (unpaired) electrons. The van der Waals surface area contributed by atoms with Crippen molar-refractivity contribution < 1.29 is 28.6 Å². The number of unbranched alkanes of at least 4 members (excludes halogenated alkanes) is 43. The molecule has 0 bridgehead atoms. The van der Waals surface area contributed by atoms with E-state index < -0.39 is 6.10 Å². The standard InChI is InChI=1S/C76H136O6/c1-4-7-10-13-16-19-22-25-28-31-34-36-37-38-39-41-42-45-48-51-54-57-60-63-66-69-75(78)81-72-73(71-80-74(77)68-65-62-59-56-53-50-47-44-33-30-27-24-21-18-15-12-9-6-3)82-76(79)70-67-64-61-58-55-52-49-46-43-40-35-32-29-26-23-20-17-14-11-8-5-2/h7,10,16,19,21,24-25,28,30,33-34,36,73H,4-6,8-9,11-15,17-18,20,22-23,26-27,29,31-32,35,37-72H2,1-3H3/b10-7-,19-16-,24-21-,28-25-,33-30-,36-34-. The third kappa shape index (κ3) is 67.6. The van der Waals surface area contributed by atoms with Crippen LogP contribution in [0.1, 0.15) is 374 Å². The number of allylic oxidation sites excluding steroid dienone is 12. The van der Waals surface area contributed by atoms with Crippen molar-refractivity contribution in [2.75, 3.05) is 13.2 Å². The zero-order chi connectivity index (χ0) is 59.2. The van der Waals surface area contributed by atoms with Crippen LogP contribution in [0, 0.1) is 0 Å². The maximum absolute atomic E-state index is 13.0. The smallest absolute Gasteiger partial charge is 0.306 e. The van der Waals surface area contributed by atoms with Crippen LogP contribution in [0.5, 0.6) is 0 Å². The molecule has 0 N–H and O–H groups in total. The summed E-state index contributed by atoms with van der Waals surface area (Å²) in [6, 6.07) is 0. The van der Waals surface area contributed by atoms with Crippen molar-refractivity contribution in [3.05, 3.63) is 72.9 Å². The van der Waals surface area contributed by atoms with Gasteiger partial charge in [0, 0.05) is 19.3 Å². The highest BCUT2D eigenvalue weighted by molar-refractivity contribution is 5.71. The number of carbonyl (C=O) groups is 3. The van der Waals surface area contributed by atoms with E-state index in [1.807, 2.05) is 0 Å². The summed E-state index contributed by atoms with van der Waals surface area (Å²) in [5.74, 6) is -0.859. The number of esters is 3. The minimum absolute atomic E-state index is 0.0749. The molecular formula is C76H136O6. The van der Waals surface area contributed by atoms with Crippen LogP contribution >= 0.6 is 0 Å². The predicted molar refractivity (Wildman–Crippen MR) is 358 cm³/mol. The van der Waals surface area contributed by atoms with E-state index in [0.29, 0.717) is 19.3 Å². The van der Waals surface area contributed by atoms with E-state index in [0.717, 1.165) is 96.3 Å². The van der Waals surface area contributed by atoms with E-state index in [4.69, 9.17) is 14.2 Å². The fraction of sp³-hybridized carbons (Fsp3) is 0.803. The largest absolute Gasteiger partial charge is 0.462 e. The first-order valence-electron chi connectivity index (χ1n) is 35.9. The van der Waals surface area contributed by atoms with Gasteiger partial charge in [0.15, 0.2) is 6.10 Å². The van der Waals surface area contributed by atoms with Crippen LogP contribution in [-0.4, -0.2) is 37.2 Å². The fourth-order valence-electron chi connectivity index (χ4n) is 10.6. The zero-order valence-corrected chi connectivity index (χ0v) is 54.8. The van der Waals surface area contributed by atoms with Crippen LogP contribution in [0.15, 0.2) is 72.9 Å². The Labute approximate surface area is 510 Å². The van der Waals surface area contributed by atoms with Crippen LogP contribution in [0.2, 0.25) is 0 Å². The lowest BCUT2D eigenvalue weighted by Gasteiger charge is -2.18. The average Bonchev–Trinajstić information content (AvgIpc) is 3.47. The van der Waals surface area contributed by atoms with E-state index in [1.165, 1.54) is 238 Å². The molecule has 0 spiro atoms. The van der Waals surface area contributed by atoms with Crippen molar-refractivity contribution in [3.8, 4) is 0 Å². The van der Waals surface area contributed by atoms with Crippen molar-refractivity contribution in [3.63, 3.8) is 0 Å². The summed E-state index contributed by atoms with van der Waals surface area (Å²) in [6.45, 7) is 6.57. The summed E-state index contributed by atoms with van der Waals surface area (Å²) in [6.07, 6.45) is 92.1. The third-order valence-electron chi connectivity index (χ3n) is 15.9. The van der Waals surface area contributed by atoms with Gasteiger partial charge in [0.05, 0.1) is 0 Å². The van der Waals surface area contributed by atoms with Crippen LogP contribution in [-0.2, 0) is 28.6 Å². The molecule has 6 heteroatoms. The van der Waals surface area contributed by atoms with Crippen LogP contribution < -0.4 is 0 Å². The van der Waals surface area contributed by atoms with Crippen molar-refractivity contribution in [2.45, 2.75) is 380 Å². The lowest BCUT2D eigenvalue weighted by atomic mass is 10.0. The fourth-order valence-corrected chi connectivity index (χ4v) is 10.6. The lowest BCUT2D eigenvalue weighted by molar-refractivity contribution is -0.167. The van der Waals surface area contributed by atoms with Crippen molar-refractivity contribution >= 4 is 17.9 Å². The van der Waals surface area contributed by atoms with Crippen LogP contribution in [0.3, 0.4) is 0 Å². The number of hydrogen-bond acceptors (Lipinski definition) is 6. The summed E-state index contributed by atoms with van der Waals surface area (Å²) in [7, 11) is 0. The molecule has 0 aliphatic carbocycles. The molecule has 0 aliphatic rings. The van der Waals surface area contributed by atoms with Gasteiger partial charge in [-0.05, 0) is 89.9 Å². The molecule has 0 aromatic heterocycles. The van der Waals surface area contributed by atoms with Gasteiger partial charge in [-0.25, -0.2) is 0 Å². The summed E-state index contributed by atoms with van der Waals surface area (Å²) >= 11 is 0. The molecule has 0 amide bonds. The van der Waals surface area contributed by atoms with Crippen molar-refractivity contribution in [2.24, 2.45) is 0 Å². The second-order valence-electron chi connectivity index (χ2n) is 24.1. The predicted octanol–water partition coefficient (Wildman–Crippen LogP) is 24.8. The number of carbonyl (C=O) groups excluding carboxylic acids is 3. The van der Waals surface area contributed by atoms with Gasteiger partial charge in [-0.1, -0.05) is 338 Å². The minimum atomic E-state index is -0.780. The molecule has 0 rings (SSSR count). The molecule has 6 nitrogen and oxygen atoms in total. The van der Waals surface area contributed by atoms with Gasteiger partial charge >= 0.3 is 17.9 Å². The van der Waals surface area contributed by atoms with Crippen LogP contribution in [0.4, 0.5) is 0 Å². The molecule has 1 unspecified atom stereocenters. The Morgan fingerprint density at radius 1 is 0.256 bits per heavy atom. The summed E-state index contributed by atoms with van der Waals surface area (Å²) in [5.41, 5.74) is 0. The van der Waals surface area contributed by atoms with E-state index in [9.17, 15) is 14.4 Å². The van der Waals surface area contributed by atoms with Gasteiger partial charge < -0.3 is 14.2 Å². The highest BCUT2D eigenvalue weighted by Gasteiger charge is 2.19. The second kappa shape index (κ2) is 70.3. The highest BCUT2D eigenvalue weighted by atomic mass is 16.6. The topological polar surface area (TPSA) is 78.9 Å². The molecule has 82 heavy (non-hydrogen) atoms. The molecule has 0 saturated heterocycles. The summed E-state index contributed by atoms with van der Waals surface area (Å²) < 4.78 is 17.0. The van der Waals surface area contributed by atoms with Gasteiger partial charge in [0.1, 0.15) is 13.2 Å². The summed E-state index contributed by atoms with van der Waals surface area (Å²) in [5, 5.41) is 0. The lowest BCUT2D eigenvalue weighted by Crippen LogP contribution is -2.30. The molecule has 0 aromatic carbocycles. The maximum Gasteiger partial charge on any atom is 0.306 e. The van der Waals surface area contributed by atoms with E-state index in [2.05, 4.69) is 93.7 Å². The molecule has 0 aliphatic heterocycles. The second-order valence-corrected chi connectivity index (χ2v) is 24.1. The molecule has 1 atom stereocenters. The Balaban J connectivity index is 4.33. The third-order valence-corrected chi connectivity index (χ3v) is 15.9. The Kier molecular flexibility index (Phi) is 67.6. The van der Waals surface area contributed by atoms with Gasteiger partial charge in [-0.2, -0.15) is 0 Å². The Morgan fingerprint density at radius 2 is 0.476 bits per heavy atom. The van der Waals surface area contributed by atoms with E-state index in [-0.39, 0.29) is 31.1 Å². The Hall–Kier alpha value is -3.15. The average molecular weight is 1150 g/mol. The molecule has 0 aromatic rings. The Bertz CT molecular complexity index is 1500. The quantitative estimate of drug-likeness (QED) is 0.0261. The van der Waals surface area contributed by atoms with Gasteiger partial charge in [0.2, 0.25) is 0 Å². The van der Waals surface area contributed by atoms with Gasteiger partial charge in [0.25, 0.3) is 0 Å². The number of ether oxygens (including phenoxy) is 3.